The average Bonchev–Trinajstić information content (AvgIpc) is 3.36. The van der Waals surface area contributed by atoms with Gasteiger partial charge in [-0.2, -0.15) is 0 Å². The van der Waals surface area contributed by atoms with E-state index in [9.17, 15) is 14.0 Å². The van der Waals surface area contributed by atoms with Crippen molar-refractivity contribution in [2.75, 3.05) is 38.0 Å². The molecule has 0 N–H and O–H groups in total. The number of fused-ring (bicyclic) bond motifs is 2. The predicted octanol–water partition coefficient (Wildman–Crippen LogP) is 5.86. The lowest BCUT2D eigenvalue weighted by Gasteiger charge is -2.31. The number of aromatic nitrogens is 1. The van der Waals surface area contributed by atoms with Crippen molar-refractivity contribution in [2.24, 2.45) is 4.99 Å². The first-order chi connectivity index (χ1) is 22.2. The smallest absolute Gasteiger partial charge is 0.271 e. The number of halogens is 1. The maximum Gasteiger partial charge on any atom is 0.271 e. The highest BCUT2D eigenvalue weighted by atomic mass is 32.1. The van der Waals surface area contributed by atoms with Gasteiger partial charge in [0.1, 0.15) is 17.7 Å². The minimum atomic E-state index is -0.528. The molecule has 3 aromatic carbocycles. The van der Waals surface area contributed by atoms with E-state index in [-0.39, 0.29) is 28.1 Å². The Morgan fingerprint density at radius 3 is 2.30 bits per heavy atom. The molecule has 5 aromatic rings. The average molecular weight is 633 g/mol. The Morgan fingerprint density at radius 1 is 0.913 bits per heavy atom. The van der Waals surface area contributed by atoms with Crippen LogP contribution in [0.4, 0.5) is 15.8 Å². The molecule has 2 aromatic heterocycles. The Balaban J connectivity index is 1.42. The summed E-state index contributed by atoms with van der Waals surface area (Å²) in [6, 6.07) is 20.2. The van der Waals surface area contributed by atoms with Crippen molar-refractivity contribution in [1.82, 2.24) is 4.57 Å². The molecule has 2 aliphatic rings. The molecule has 1 aliphatic heterocycles. The Kier molecular flexibility index (Phi) is 7.56. The number of hydrogen-bond donors (Lipinski definition) is 0. The van der Waals surface area contributed by atoms with Crippen LogP contribution >= 0.6 is 11.3 Å². The van der Waals surface area contributed by atoms with E-state index in [1.165, 1.54) is 35.8 Å². The van der Waals surface area contributed by atoms with Crippen LogP contribution in [0.1, 0.15) is 42.0 Å². The molecule has 0 radical (unpaired) electrons. The van der Waals surface area contributed by atoms with E-state index < -0.39 is 11.2 Å². The van der Waals surface area contributed by atoms with Gasteiger partial charge in [-0.15, -0.1) is 0 Å². The van der Waals surface area contributed by atoms with Crippen LogP contribution in [0.25, 0.3) is 23.1 Å². The second kappa shape index (κ2) is 11.7. The van der Waals surface area contributed by atoms with Crippen molar-refractivity contribution in [2.45, 2.75) is 25.3 Å². The number of benzene rings is 3. The van der Waals surface area contributed by atoms with Gasteiger partial charge in [-0.25, -0.2) is 9.38 Å². The first kappa shape index (κ1) is 29.7. The SMILES string of the molecule is CN(C)c1ccc(/C=C2\CCCC3=C2N=c2s/c(=C\c4coc5ccc(F)cc5c4=O)c(=O)n2C3c2ccc(N(C)C)cc2)cc1. The van der Waals surface area contributed by atoms with Gasteiger partial charge in [0.2, 0.25) is 0 Å². The number of allylic oxidation sites excluding steroid dienone is 2. The fraction of sp³-hybridized carbons (Fsp3) is 0.216. The van der Waals surface area contributed by atoms with Crippen LogP contribution in [0.15, 0.2) is 109 Å². The number of anilines is 2. The van der Waals surface area contributed by atoms with Gasteiger partial charge in [0.05, 0.1) is 27.2 Å². The van der Waals surface area contributed by atoms with E-state index >= 15 is 0 Å². The molecule has 9 heteroatoms. The normalized spacial score (nSPS) is 17.2. The molecule has 1 aliphatic carbocycles. The first-order valence-electron chi connectivity index (χ1n) is 15.2. The standard InChI is InChI=1S/C37H33FN4O3S/c1-40(2)27-13-8-22(9-14-27)18-24-6-5-7-29-33(24)39-37-42(34(29)23-10-15-28(16-11-23)41(3)4)36(44)32(46-37)19-25-21-45-31-17-12-26(38)20-30(31)35(25)43/h8-21,34H,5-7H2,1-4H3/b24-18+,32-19-. The van der Waals surface area contributed by atoms with Crippen LogP contribution in [0.5, 0.6) is 0 Å². The van der Waals surface area contributed by atoms with Crippen LogP contribution in [0, 0.1) is 5.82 Å². The van der Waals surface area contributed by atoms with Crippen molar-refractivity contribution < 1.29 is 8.81 Å². The second-order valence-electron chi connectivity index (χ2n) is 12.1. The minimum Gasteiger partial charge on any atom is -0.463 e. The summed E-state index contributed by atoms with van der Waals surface area (Å²) >= 11 is 1.25. The van der Waals surface area contributed by atoms with Gasteiger partial charge in [0.25, 0.3) is 5.56 Å². The number of nitrogens with zero attached hydrogens (tertiary/aromatic N) is 4. The van der Waals surface area contributed by atoms with Crippen LogP contribution in [-0.4, -0.2) is 32.8 Å². The maximum absolute atomic E-state index is 14.2. The molecule has 7 nitrogen and oxygen atoms in total. The minimum absolute atomic E-state index is 0.129. The van der Waals surface area contributed by atoms with E-state index in [1.807, 2.05) is 33.1 Å². The lowest BCUT2D eigenvalue weighted by atomic mass is 9.83. The van der Waals surface area contributed by atoms with Crippen molar-refractivity contribution in [1.29, 1.82) is 0 Å². The molecule has 0 amide bonds. The molecule has 0 bridgehead atoms. The molecule has 46 heavy (non-hydrogen) atoms. The fourth-order valence-electron chi connectivity index (χ4n) is 6.24. The lowest BCUT2D eigenvalue weighted by molar-refractivity contribution is 0.553. The van der Waals surface area contributed by atoms with E-state index in [1.54, 1.807) is 4.57 Å². The summed E-state index contributed by atoms with van der Waals surface area (Å²) in [5, 5.41) is 0.129. The highest BCUT2D eigenvalue weighted by Crippen LogP contribution is 2.41. The summed E-state index contributed by atoms with van der Waals surface area (Å²) in [6.45, 7) is 0. The third-order valence-electron chi connectivity index (χ3n) is 8.66. The van der Waals surface area contributed by atoms with E-state index in [0.717, 1.165) is 64.7 Å². The number of thiazole rings is 1. The molecule has 1 atom stereocenters. The summed E-state index contributed by atoms with van der Waals surface area (Å²) in [6.07, 6.45) is 7.72. The highest BCUT2D eigenvalue weighted by Gasteiger charge is 2.32. The van der Waals surface area contributed by atoms with E-state index in [0.29, 0.717) is 9.33 Å². The summed E-state index contributed by atoms with van der Waals surface area (Å²) in [7, 11) is 8.05. The molecule has 0 saturated carbocycles. The van der Waals surface area contributed by atoms with Gasteiger partial charge in [0.15, 0.2) is 10.2 Å². The molecule has 3 heterocycles. The van der Waals surface area contributed by atoms with Crippen LogP contribution in [0.3, 0.4) is 0 Å². The van der Waals surface area contributed by atoms with Crippen molar-refractivity contribution in [3.05, 3.63) is 142 Å². The lowest BCUT2D eigenvalue weighted by Crippen LogP contribution is -2.39. The predicted molar refractivity (Wildman–Crippen MR) is 184 cm³/mol. The largest absolute Gasteiger partial charge is 0.463 e. The third kappa shape index (κ3) is 5.30. The summed E-state index contributed by atoms with van der Waals surface area (Å²) < 4.78 is 21.7. The summed E-state index contributed by atoms with van der Waals surface area (Å²) in [5.74, 6) is -0.528. The van der Waals surface area contributed by atoms with Crippen molar-refractivity contribution in [3.8, 4) is 0 Å². The second-order valence-corrected chi connectivity index (χ2v) is 13.1. The maximum atomic E-state index is 14.2. The molecule has 7 rings (SSSR count). The number of hydrogen-bond acceptors (Lipinski definition) is 7. The first-order valence-corrected chi connectivity index (χ1v) is 16.0. The van der Waals surface area contributed by atoms with Gasteiger partial charge in [-0.05, 0) is 96.2 Å². The van der Waals surface area contributed by atoms with Gasteiger partial charge in [-0.1, -0.05) is 35.6 Å². The zero-order valence-electron chi connectivity index (χ0n) is 26.1. The third-order valence-corrected chi connectivity index (χ3v) is 9.64. The Bertz CT molecular complexity index is 2290. The van der Waals surface area contributed by atoms with Crippen molar-refractivity contribution >= 4 is 45.8 Å². The Hall–Kier alpha value is -5.02. The van der Waals surface area contributed by atoms with E-state index in [2.05, 4.69) is 59.5 Å². The molecule has 1 unspecified atom stereocenters. The summed E-state index contributed by atoms with van der Waals surface area (Å²) in [5.41, 5.74) is 7.31. The molecule has 232 valence electrons. The molecule has 0 fully saturated rings. The van der Waals surface area contributed by atoms with Gasteiger partial charge in [-0.3, -0.25) is 14.2 Å². The number of rotatable bonds is 5. The summed E-state index contributed by atoms with van der Waals surface area (Å²) in [4.78, 5) is 37.3. The van der Waals surface area contributed by atoms with Crippen LogP contribution in [-0.2, 0) is 0 Å². The molecular weight excluding hydrogens is 599 g/mol. The zero-order chi connectivity index (χ0) is 32.1. The fourth-order valence-corrected chi connectivity index (χ4v) is 7.23. The molecule has 0 saturated heterocycles. The molecular formula is C37H33FN4O3S. The Labute approximate surface area is 269 Å². The monoisotopic (exact) mass is 632 g/mol. The van der Waals surface area contributed by atoms with E-state index in [4.69, 9.17) is 9.41 Å². The molecule has 0 spiro atoms. The highest BCUT2D eigenvalue weighted by molar-refractivity contribution is 7.07. The quantitative estimate of drug-likeness (QED) is 0.243. The van der Waals surface area contributed by atoms with Gasteiger partial charge in [0, 0.05) is 39.6 Å². The Morgan fingerprint density at radius 2 is 1.61 bits per heavy atom. The topological polar surface area (TPSA) is 71.0 Å². The van der Waals surface area contributed by atoms with Gasteiger partial charge >= 0.3 is 0 Å². The van der Waals surface area contributed by atoms with Gasteiger partial charge < -0.3 is 14.2 Å². The van der Waals surface area contributed by atoms with Crippen molar-refractivity contribution in [3.63, 3.8) is 0 Å². The van der Waals surface area contributed by atoms with Crippen LogP contribution < -0.4 is 30.1 Å². The zero-order valence-corrected chi connectivity index (χ0v) is 26.9. The van der Waals surface area contributed by atoms with Crippen LogP contribution in [0.2, 0.25) is 0 Å².